The van der Waals surface area contributed by atoms with Crippen LogP contribution in [0.1, 0.15) is 43.4 Å². The average Bonchev–Trinajstić information content (AvgIpc) is 2.94. The van der Waals surface area contributed by atoms with Crippen molar-refractivity contribution in [3.8, 4) is 0 Å². The molecule has 31 heavy (non-hydrogen) atoms. The Morgan fingerprint density at radius 3 is 2.48 bits per heavy atom. The van der Waals surface area contributed by atoms with Crippen LogP contribution >= 0.6 is 0 Å². The van der Waals surface area contributed by atoms with Gasteiger partial charge >= 0.3 is 0 Å². The lowest BCUT2D eigenvalue weighted by Crippen LogP contribution is -2.45. The zero-order chi connectivity index (χ0) is 21.6. The van der Waals surface area contributed by atoms with Crippen LogP contribution in [-0.4, -0.2) is 52.5 Å². The smallest absolute Gasteiger partial charge is 0.237 e. The zero-order valence-corrected chi connectivity index (χ0v) is 17.7. The molecule has 1 aromatic heterocycles. The van der Waals surface area contributed by atoms with Gasteiger partial charge in [0.2, 0.25) is 5.91 Å². The third-order valence-electron chi connectivity index (χ3n) is 6.19. The third kappa shape index (κ3) is 5.66. The van der Waals surface area contributed by atoms with Crippen molar-refractivity contribution in [3.63, 3.8) is 0 Å². The van der Waals surface area contributed by atoms with E-state index in [2.05, 4.69) is 4.98 Å². The van der Waals surface area contributed by atoms with Crippen LogP contribution in [0.25, 0.3) is 0 Å². The molecule has 2 aromatic rings. The Kier molecular flexibility index (Phi) is 7.25. The molecule has 0 bridgehead atoms. The number of hydrogen-bond donors (Lipinski definition) is 0. The predicted molar refractivity (Wildman–Crippen MR) is 113 cm³/mol. The molecule has 7 heteroatoms. The summed E-state index contributed by atoms with van der Waals surface area (Å²) in [7, 11) is 0. The van der Waals surface area contributed by atoms with E-state index >= 15 is 0 Å². The first-order valence-electron chi connectivity index (χ1n) is 11.1. The lowest BCUT2D eigenvalue weighted by Gasteiger charge is -2.35. The van der Waals surface area contributed by atoms with E-state index in [-0.39, 0.29) is 36.7 Å². The number of nitrogens with zero attached hydrogens (tertiary/aromatic N) is 3. The topological polar surface area (TPSA) is 45.7 Å². The summed E-state index contributed by atoms with van der Waals surface area (Å²) < 4.78 is 34.6. The largest absolute Gasteiger partial charge is 0.369 e. The summed E-state index contributed by atoms with van der Waals surface area (Å²) in [6.07, 6.45) is 6.91. The standard InChI is InChI=1S/C24H29F2N3O2/c25-22-10-6-11-23(26)21(22)15-28-13-20(31-17-18-7-4-5-12-27-18)14-29(24(30)16-28)19-8-2-1-3-9-19/h4-7,10-12,19-20H,1-3,8-9,13-17H2/t20-/m1/s1. The molecule has 0 spiro atoms. The van der Waals surface area contributed by atoms with Gasteiger partial charge in [0.25, 0.3) is 0 Å². The van der Waals surface area contributed by atoms with Gasteiger partial charge in [-0.2, -0.15) is 0 Å². The van der Waals surface area contributed by atoms with Crippen molar-refractivity contribution in [2.45, 2.75) is 57.4 Å². The number of amides is 1. The number of ether oxygens (including phenoxy) is 1. The minimum atomic E-state index is -0.591. The van der Waals surface area contributed by atoms with E-state index in [1.807, 2.05) is 23.1 Å². The Bertz CT molecular complexity index is 854. The number of benzene rings is 1. The van der Waals surface area contributed by atoms with Gasteiger partial charge in [0, 0.05) is 37.4 Å². The van der Waals surface area contributed by atoms with Crippen LogP contribution in [0, 0.1) is 11.6 Å². The highest BCUT2D eigenvalue weighted by atomic mass is 19.1. The maximum Gasteiger partial charge on any atom is 0.237 e. The molecule has 1 amide bonds. The quantitative estimate of drug-likeness (QED) is 0.698. The van der Waals surface area contributed by atoms with Crippen LogP contribution in [0.4, 0.5) is 8.78 Å². The molecule has 0 radical (unpaired) electrons. The highest BCUT2D eigenvalue weighted by molar-refractivity contribution is 5.79. The van der Waals surface area contributed by atoms with Gasteiger partial charge in [-0.1, -0.05) is 31.4 Å². The molecule has 1 aliphatic heterocycles. The first kappa shape index (κ1) is 21.8. The average molecular weight is 430 g/mol. The van der Waals surface area contributed by atoms with Gasteiger partial charge in [-0.25, -0.2) is 8.78 Å². The summed E-state index contributed by atoms with van der Waals surface area (Å²) in [5.41, 5.74) is 0.805. The molecule has 5 nitrogen and oxygen atoms in total. The van der Waals surface area contributed by atoms with Crippen molar-refractivity contribution in [2.75, 3.05) is 19.6 Å². The number of rotatable bonds is 6. The van der Waals surface area contributed by atoms with Crippen molar-refractivity contribution >= 4 is 5.91 Å². The van der Waals surface area contributed by atoms with Gasteiger partial charge < -0.3 is 9.64 Å². The van der Waals surface area contributed by atoms with Gasteiger partial charge in [0.05, 0.1) is 24.9 Å². The van der Waals surface area contributed by atoms with E-state index in [1.54, 1.807) is 11.1 Å². The molecule has 1 aromatic carbocycles. The number of hydrogen-bond acceptors (Lipinski definition) is 4. The molecule has 1 saturated carbocycles. The first-order chi connectivity index (χ1) is 15.1. The fourth-order valence-corrected chi connectivity index (χ4v) is 4.58. The van der Waals surface area contributed by atoms with E-state index in [1.165, 1.54) is 24.6 Å². The SMILES string of the molecule is O=C1CN(Cc2c(F)cccc2F)C[C@@H](OCc2ccccn2)CN1C1CCCCC1. The predicted octanol–water partition coefficient (Wildman–Crippen LogP) is 3.92. The minimum Gasteiger partial charge on any atom is -0.369 e. The van der Waals surface area contributed by atoms with Crippen LogP contribution in [0.2, 0.25) is 0 Å². The molecule has 166 valence electrons. The second-order valence-corrected chi connectivity index (χ2v) is 8.46. The molecule has 4 rings (SSSR count). The highest BCUT2D eigenvalue weighted by Crippen LogP contribution is 2.25. The summed E-state index contributed by atoms with van der Waals surface area (Å²) in [6.45, 7) is 1.42. The Morgan fingerprint density at radius 2 is 1.77 bits per heavy atom. The molecule has 2 aliphatic rings. The molecular formula is C24H29F2N3O2. The number of halogens is 2. The molecule has 2 fully saturated rings. The van der Waals surface area contributed by atoms with Gasteiger partial charge in [0.1, 0.15) is 11.6 Å². The van der Waals surface area contributed by atoms with Crippen LogP contribution in [-0.2, 0) is 22.7 Å². The maximum absolute atomic E-state index is 14.2. The maximum atomic E-state index is 14.2. The Morgan fingerprint density at radius 1 is 1.00 bits per heavy atom. The van der Waals surface area contributed by atoms with Gasteiger partial charge in [-0.05, 0) is 37.1 Å². The Hall–Kier alpha value is -2.38. The first-order valence-corrected chi connectivity index (χ1v) is 11.1. The van der Waals surface area contributed by atoms with Crippen molar-refractivity contribution in [1.82, 2.24) is 14.8 Å². The zero-order valence-electron chi connectivity index (χ0n) is 17.7. The number of carbonyl (C=O) groups excluding carboxylic acids is 1. The molecule has 1 atom stereocenters. The number of aromatic nitrogens is 1. The van der Waals surface area contributed by atoms with Gasteiger partial charge in [-0.3, -0.25) is 14.7 Å². The molecule has 1 aliphatic carbocycles. The Balaban J connectivity index is 1.51. The van der Waals surface area contributed by atoms with Crippen molar-refractivity contribution in [3.05, 3.63) is 65.5 Å². The minimum absolute atomic E-state index is 0.00702. The van der Waals surface area contributed by atoms with E-state index in [0.29, 0.717) is 19.7 Å². The number of carbonyl (C=O) groups is 1. The summed E-state index contributed by atoms with van der Waals surface area (Å²) >= 11 is 0. The van der Waals surface area contributed by atoms with Crippen LogP contribution in [0.3, 0.4) is 0 Å². The number of pyridine rings is 1. The summed E-state index contributed by atoms with van der Waals surface area (Å²) in [6, 6.07) is 9.72. The Labute approximate surface area is 182 Å². The molecule has 2 heterocycles. The van der Waals surface area contributed by atoms with E-state index < -0.39 is 11.6 Å². The molecular weight excluding hydrogens is 400 g/mol. The van der Waals surface area contributed by atoms with Crippen molar-refractivity contribution in [1.29, 1.82) is 0 Å². The van der Waals surface area contributed by atoms with E-state index in [4.69, 9.17) is 4.74 Å². The van der Waals surface area contributed by atoms with Crippen molar-refractivity contribution < 1.29 is 18.3 Å². The molecule has 0 unspecified atom stereocenters. The van der Waals surface area contributed by atoms with Crippen LogP contribution in [0.5, 0.6) is 0 Å². The van der Waals surface area contributed by atoms with Gasteiger partial charge in [0.15, 0.2) is 0 Å². The van der Waals surface area contributed by atoms with Gasteiger partial charge in [-0.15, -0.1) is 0 Å². The van der Waals surface area contributed by atoms with Crippen molar-refractivity contribution in [2.24, 2.45) is 0 Å². The molecule has 1 saturated heterocycles. The van der Waals surface area contributed by atoms with E-state index in [9.17, 15) is 13.6 Å². The highest BCUT2D eigenvalue weighted by Gasteiger charge is 2.33. The van der Waals surface area contributed by atoms with Crippen LogP contribution < -0.4 is 0 Å². The summed E-state index contributed by atoms with van der Waals surface area (Å²) in [4.78, 5) is 21.2. The third-order valence-corrected chi connectivity index (χ3v) is 6.19. The fraction of sp³-hybridized carbons (Fsp3) is 0.500. The normalized spacial score (nSPS) is 21.3. The monoisotopic (exact) mass is 429 g/mol. The second kappa shape index (κ2) is 10.3. The lowest BCUT2D eigenvalue weighted by molar-refractivity contribution is -0.135. The molecule has 0 N–H and O–H groups in total. The fourth-order valence-electron chi connectivity index (χ4n) is 4.58. The summed E-state index contributed by atoms with van der Waals surface area (Å²) in [5.74, 6) is -1.17. The second-order valence-electron chi connectivity index (χ2n) is 8.46. The summed E-state index contributed by atoms with van der Waals surface area (Å²) in [5, 5.41) is 0. The van der Waals surface area contributed by atoms with E-state index in [0.717, 1.165) is 31.4 Å². The lowest BCUT2D eigenvalue weighted by atomic mass is 9.94. The van der Waals surface area contributed by atoms with Crippen LogP contribution in [0.15, 0.2) is 42.6 Å².